The summed E-state index contributed by atoms with van der Waals surface area (Å²) in [5.41, 5.74) is 2.49. The van der Waals surface area contributed by atoms with E-state index in [1.165, 1.54) is 7.11 Å². The smallest absolute Gasteiger partial charge is 0.262 e. The summed E-state index contributed by atoms with van der Waals surface area (Å²) in [5, 5.41) is 6.45. The SMILES string of the molecule is COc1ccc(NC(=O)c2ccc(OCC(=O)Nc3ccc(C)c(Cl)c3)cc2)cc1Cl. The fraction of sp³-hybridized carbons (Fsp3) is 0.130. The van der Waals surface area contributed by atoms with Crippen LogP contribution in [0.25, 0.3) is 0 Å². The predicted molar refractivity (Wildman–Crippen MR) is 123 cm³/mol. The van der Waals surface area contributed by atoms with Crippen LogP contribution in [0.3, 0.4) is 0 Å². The molecule has 160 valence electrons. The van der Waals surface area contributed by atoms with Gasteiger partial charge in [0.2, 0.25) is 0 Å². The monoisotopic (exact) mass is 458 g/mol. The fourth-order valence-corrected chi connectivity index (χ4v) is 3.10. The molecule has 0 aliphatic rings. The number of amides is 2. The second-order valence-electron chi connectivity index (χ2n) is 6.63. The second-order valence-corrected chi connectivity index (χ2v) is 7.44. The molecule has 31 heavy (non-hydrogen) atoms. The van der Waals surface area contributed by atoms with Gasteiger partial charge in [-0.25, -0.2) is 0 Å². The van der Waals surface area contributed by atoms with Gasteiger partial charge >= 0.3 is 0 Å². The number of halogens is 2. The molecule has 6 nitrogen and oxygen atoms in total. The first-order valence-corrected chi connectivity index (χ1v) is 10.0. The van der Waals surface area contributed by atoms with E-state index in [-0.39, 0.29) is 18.4 Å². The summed E-state index contributed by atoms with van der Waals surface area (Å²) in [6, 6.07) is 16.7. The Kier molecular flexibility index (Phi) is 7.39. The maximum absolute atomic E-state index is 12.4. The first kappa shape index (κ1) is 22.5. The third-order valence-electron chi connectivity index (χ3n) is 4.35. The van der Waals surface area contributed by atoms with Crippen molar-refractivity contribution < 1.29 is 19.1 Å². The number of methoxy groups -OCH3 is 1. The van der Waals surface area contributed by atoms with Crippen LogP contribution in [0.4, 0.5) is 11.4 Å². The first-order chi connectivity index (χ1) is 14.9. The third-order valence-corrected chi connectivity index (χ3v) is 5.05. The van der Waals surface area contributed by atoms with Gasteiger partial charge in [-0.15, -0.1) is 0 Å². The lowest BCUT2D eigenvalue weighted by atomic mass is 10.2. The Balaban J connectivity index is 1.53. The van der Waals surface area contributed by atoms with Crippen molar-refractivity contribution in [3.63, 3.8) is 0 Å². The van der Waals surface area contributed by atoms with Crippen LogP contribution >= 0.6 is 23.2 Å². The van der Waals surface area contributed by atoms with E-state index in [1.807, 2.05) is 13.0 Å². The number of carbonyl (C=O) groups is 2. The van der Waals surface area contributed by atoms with Crippen LogP contribution in [0, 0.1) is 6.92 Å². The molecule has 0 bridgehead atoms. The highest BCUT2D eigenvalue weighted by Crippen LogP contribution is 2.27. The average Bonchev–Trinajstić information content (AvgIpc) is 2.75. The molecule has 0 heterocycles. The van der Waals surface area contributed by atoms with Gasteiger partial charge in [0.25, 0.3) is 11.8 Å². The number of hydrogen-bond donors (Lipinski definition) is 2. The average molecular weight is 459 g/mol. The summed E-state index contributed by atoms with van der Waals surface area (Å²) in [4.78, 5) is 24.5. The Bertz CT molecular complexity index is 1100. The van der Waals surface area contributed by atoms with E-state index in [0.717, 1.165) is 5.56 Å². The Labute approximate surface area is 190 Å². The Morgan fingerprint density at radius 1 is 0.871 bits per heavy atom. The molecule has 0 spiro atoms. The number of aryl methyl sites for hydroxylation is 1. The van der Waals surface area contributed by atoms with Crippen molar-refractivity contribution in [1.29, 1.82) is 0 Å². The minimum Gasteiger partial charge on any atom is -0.495 e. The van der Waals surface area contributed by atoms with E-state index in [9.17, 15) is 9.59 Å². The van der Waals surface area contributed by atoms with E-state index in [1.54, 1.807) is 54.6 Å². The van der Waals surface area contributed by atoms with E-state index in [4.69, 9.17) is 32.7 Å². The molecule has 0 aliphatic carbocycles. The number of hydrogen-bond acceptors (Lipinski definition) is 4. The van der Waals surface area contributed by atoms with Gasteiger partial charge in [-0.2, -0.15) is 0 Å². The van der Waals surface area contributed by atoms with E-state index in [2.05, 4.69) is 10.6 Å². The van der Waals surface area contributed by atoms with E-state index in [0.29, 0.717) is 38.5 Å². The van der Waals surface area contributed by atoms with Gasteiger partial charge in [0.1, 0.15) is 11.5 Å². The molecule has 0 aliphatic heterocycles. The van der Waals surface area contributed by atoms with Gasteiger partial charge < -0.3 is 20.1 Å². The van der Waals surface area contributed by atoms with Crippen LogP contribution < -0.4 is 20.1 Å². The number of anilines is 2. The van der Waals surface area contributed by atoms with Crippen molar-refractivity contribution >= 4 is 46.4 Å². The third kappa shape index (κ3) is 6.13. The van der Waals surface area contributed by atoms with Crippen molar-refractivity contribution in [2.75, 3.05) is 24.4 Å². The topological polar surface area (TPSA) is 76.7 Å². The quantitative estimate of drug-likeness (QED) is 0.484. The molecule has 0 atom stereocenters. The van der Waals surface area contributed by atoms with Crippen LogP contribution in [-0.4, -0.2) is 25.5 Å². The maximum atomic E-state index is 12.4. The van der Waals surface area contributed by atoms with Crippen LogP contribution in [0.15, 0.2) is 60.7 Å². The molecule has 3 aromatic carbocycles. The molecular formula is C23H20Cl2N2O4. The number of rotatable bonds is 7. The van der Waals surface area contributed by atoms with Gasteiger partial charge in [0.15, 0.2) is 6.61 Å². The summed E-state index contributed by atoms with van der Waals surface area (Å²) in [7, 11) is 1.52. The van der Waals surface area contributed by atoms with Gasteiger partial charge in [-0.1, -0.05) is 29.3 Å². The molecule has 0 radical (unpaired) electrons. The van der Waals surface area contributed by atoms with Crippen molar-refractivity contribution in [2.45, 2.75) is 6.92 Å². The number of nitrogens with one attached hydrogen (secondary N) is 2. The second kappa shape index (κ2) is 10.2. The Morgan fingerprint density at radius 3 is 2.16 bits per heavy atom. The van der Waals surface area contributed by atoms with Crippen molar-refractivity contribution in [1.82, 2.24) is 0 Å². The lowest BCUT2D eigenvalue weighted by molar-refractivity contribution is -0.118. The van der Waals surface area contributed by atoms with Crippen molar-refractivity contribution in [3.8, 4) is 11.5 Å². The molecule has 0 unspecified atom stereocenters. The minimum atomic E-state index is -0.321. The number of ether oxygens (including phenoxy) is 2. The van der Waals surface area contributed by atoms with Gasteiger partial charge in [-0.05, 0) is 67.1 Å². The summed E-state index contributed by atoms with van der Waals surface area (Å²) in [5.74, 6) is 0.358. The zero-order chi connectivity index (χ0) is 22.4. The molecular weight excluding hydrogens is 439 g/mol. The zero-order valence-corrected chi connectivity index (χ0v) is 18.4. The standard InChI is InChI=1S/C23H20Cl2N2O4/c1-14-3-6-16(11-19(14)24)26-22(28)13-31-18-8-4-15(5-9-18)23(29)27-17-7-10-21(30-2)20(25)12-17/h3-12H,13H2,1-2H3,(H,26,28)(H,27,29). The molecule has 3 aromatic rings. The summed E-state index contributed by atoms with van der Waals surface area (Å²) in [6.45, 7) is 1.70. The van der Waals surface area contributed by atoms with Gasteiger partial charge in [0, 0.05) is 22.0 Å². The van der Waals surface area contributed by atoms with Gasteiger partial charge in [-0.3, -0.25) is 9.59 Å². The molecule has 0 fully saturated rings. The van der Waals surface area contributed by atoms with Crippen LogP contribution in [0.1, 0.15) is 15.9 Å². The highest BCUT2D eigenvalue weighted by molar-refractivity contribution is 6.32. The van der Waals surface area contributed by atoms with Crippen LogP contribution in [0.2, 0.25) is 10.0 Å². The van der Waals surface area contributed by atoms with Gasteiger partial charge in [0.05, 0.1) is 12.1 Å². The zero-order valence-electron chi connectivity index (χ0n) is 16.9. The molecule has 0 saturated carbocycles. The normalized spacial score (nSPS) is 10.3. The molecule has 0 aromatic heterocycles. The molecule has 2 N–H and O–H groups in total. The highest BCUT2D eigenvalue weighted by Gasteiger charge is 2.10. The Hall–Kier alpha value is -3.22. The lowest BCUT2D eigenvalue weighted by Crippen LogP contribution is -2.20. The molecule has 3 rings (SSSR count). The van der Waals surface area contributed by atoms with Crippen molar-refractivity contribution in [3.05, 3.63) is 81.8 Å². The summed E-state index contributed by atoms with van der Waals surface area (Å²) >= 11 is 12.1. The highest BCUT2D eigenvalue weighted by atomic mass is 35.5. The lowest BCUT2D eigenvalue weighted by Gasteiger charge is -2.10. The molecule has 0 saturated heterocycles. The summed E-state index contributed by atoms with van der Waals surface area (Å²) in [6.07, 6.45) is 0. The minimum absolute atomic E-state index is 0.179. The van der Waals surface area contributed by atoms with E-state index < -0.39 is 0 Å². The maximum Gasteiger partial charge on any atom is 0.262 e. The number of benzene rings is 3. The van der Waals surface area contributed by atoms with Crippen LogP contribution in [-0.2, 0) is 4.79 Å². The first-order valence-electron chi connectivity index (χ1n) is 9.29. The molecule has 8 heteroatoms. The van der Waals surface area contributed by atoms with Crippen LogP contribution in [0.5, 0.6) is 11.5 Å². The van der Waals surface area contributed by atoms with E-state index >= 15 is 0 Å². The molecule has 2 amide bonds. The Morgan fingerprint density at radius 2 is 1.52 bits per heavy atom. The number of carbonyl (C=O) groups excluding carboxylic acids is 2. The van der Waals surface area contributed by atoms with Crippen molar-refractivity contribution in [2.24, 2.45) is 0 Å². The summed E-state index contributed by atoms with van der Waals surface area (Å²) < 4.78 is 10.6. The predicted octanol–water partition coefficient (Wildman–Crippen LogP) is 5.58. The largest absolute Gasteiger partial charge is 0.495 e. The fourth-order valence-electron chi connectivity index (χ4n) is 2.67.